The molecule has 0 radical (unpaired) electrons. The van der Waals surface area contributed by atoms with Gasteiger partial charge in [0.25, 0.3) is 0 Å². The molecular weight excluding hydrogens is 252 g/mol. The fourth-order valence-electron chi connectivity index (χ4n) is 2.04. The maximum atomic E-state index is 5.67. The van der Waals surface area contributed by atoms with Crippen LogP contribution in [0.3, 0.4) is 0 Å². The quantitative estimate of drug-likeness (QED) is 0.743. The van der Waals surface area contributed by atoms with E-state index >= 15 is 0 Å². The van der Waals surface area contributed by atoms with Crippen LogP contribution in [0.5, 0.6) is 0 Å². The molecule has 0 spiro atoms. The first-order chi connectivity index (χ1) is 9.44. The average Bonchev–Trinajstić information content (AvgIpc) is 3.12. The van der Waals surface area contributed by atoms with Crippen molar-refractivity contribution in [3.63, 3.8) is 0 Å². The summed E-state index contributed by atoms with van der Waals surface area (Å²) in [6.45, 7) is 9.65. The molecular formula is C16H28N2O2. The number of ether oxygens (including phenoxy) is 1. The summed E-state index contributed by atoms with van der Waals surface area (Å²) >= 11 is 0. The maximum Gasteiger partial charge on any atom is 0.129 e. The van der Waals surface area contributed by atoms with Crippen LogP contribution in [0.1, 0.15) is 44.9 Å². The highest BCUT2D eigenvalue weighted by Gasteiger charge is 2.25. The number of nitrogens with one attached hydrogen (secondary N) is 1. The van der Waals surface area contributed by atoms with Gasteiger partial charge in [-0.05, 0) is 46.7 Å². The minimum Gasteiger partial charge on any atom is -0.467 e. The highest BCUT2D eigenvalue weighted by molar-refractivity contribution is 5.12. The Morgan fingerprint density at radius 3 is 2.80 bits per heavy atom. The molecule has 0 unspecified atom stereocenters. The Kier molecular flexibility index (Phi) is 5.24. The summed E-state index contributed by atoms with van der Waals surface area (Å²) in [7, 11) is 2.17. The van der Waals surface area contributed by atoms with Gasteiger partial charge in [-0.25, -0.2) is 0 Å². The smallest absolute Gasteiger partial charge is 0.129 e. The van der Waals surface area contributed by atoms with E-state index in [1.165, 1.54) is 18.4 Å². The minimum absolute atomic E-state index is 0.126. The van der Waals surface area contributed by atoms with Gasteiger partial charge in [0.2, 0.25) is 0 Å². The van der Waals surface area contributed by atoms with Crippen molar-refractivity contribution in [2.75, 3.05) is 20.2 Å². The third kappa shape index (κ3) is 5.65. The number of hydrogen-bond acceptors (Lipinski definition) is 4. The van der Waals surface area contributed by atoms with E-state index in [0.717, 1.165) is 31.5 Å². The van der Waals surface area contributed by atoms with Crippen molar-refractivity contribution in [2.45, 2.75) is 58.3 Å². The molecule has 1 aromatic heterocycles. The van der Waals surface area contributed by atoms with Crippen molar-refractivity contribution in [2.24, 2.45) is 0 Å². The van der Waals surface area contributed by atoms with E-state index in [4.69, 9.17) is 9.15 Å². The molecule has 2 rings (SSSR count). The first-order valence-corrected chi connectivity index (χ1v) is 7.53. The Balaban J connectivity index is 1.62. The van der Waals surface area contributed by atoms with Crippen molar-refractivity contribution in [1.29, 1.82) is 0 Å². The zero-order chi connectivity index (χ0) is 14.6. The highest BCUT2D eigenvalue weighted by Crippen LogP contribution is 2.24. The van der Waals surface area contributed by atoms with Gasteiger partial charge < -0.3 is 19.4 Å². The van der Waals surface area contributed by atoms with E-state index in [1.807, 2.05) is 6.26 Å². The normalized spacial score (nSPS) is 16.1. The van der Waals surface area contributed by atoms with Gasteiger partial charge in [0.05, 0.1) is 12.9 Å². The number of likely N-dealkylation sites (N-methyl/N-ethyl adjacent to an activating group) is 1. The predicted octanol–water partition coefficient (Wildman–Crippen LogP) is 2.78. The molecule has 1 saturated carbocycles. The second-order valence-electron chi connectivity index (χ2n) is 6.79. The second kappa shape index (κ2) is 6.74. The van der Waals surface area contributed by atoms with Crippen LogP contribution in [0.15, 0.2) is 16.7 Å². The molecule has 4 heteroatoms. The summed E-state index contributed by atoms with van der Waals surface area (Å²) < 4.78 is 11.2. The Morgan fingerprint density at radius 1 is 1.40 bits per heavy atom. The van der Waals surface area contributed by atoms with Gasteiger partial charge in [-0.15, -0.1) is 0 Å². The fourth-order valence-corrected chi connectivity index (χ4v) is 2.04. The molecule has 114 valence electrons. The largest absolute Gasteiger partial charge is 0.467 e. The Labute approximate surface area is 122 Å². The van der Waals surface area contributed by atoms with Gasteiger partial charge in [0, 0.05) is 30.2 Å². The van der Waals surface area contributed by atoms with E-state index in [1.54, 1.807) is 0 Å². The molecule has 1 heterocycles. The van der Waals surface area contributed by atoms with Crippen LogP contribution in [0.25, 0.3) is 0 Å². The van der Waals surface area contributed by atoms with Crippen molar-refractivity contribution >= 4 is 0 Å². The summed E-state index contributed by atoms with van der Waals surface area (Å²) in [5, 5.41) is 3.45. The molecule has 1 N–H and O–H groups in total. The standard InChI is InChI=1S/C16H28N2O2/c1-16(2,3)17-10-13-9-15(20-11-13)12-19-8-7-18(4)14-5-6-14/h9,11,14,17H,5-8,10,12H2,1-4H3. The summed E-state index contributed by atoms with van der Waals surface area (Å²) in [5.41, 5.74) is 1.30. The van der Waals surface area contributed by atoms with Gasteiger partial charge in [0.15, 0.2) is 0 Å². The topological polar surface area (TPSA) is 37.6 Å². The van der Waals surface area contributed by atoms with E-state index in [2.05, 4.69) is 44.1 Å². The maximum absolute atomic E-state index is 5.67. The van der Waals surface area contributed by atoms with Crippen LogP contribution in [-0.4, -0.2) is 36.7 Å². The molecule has 0 aliphatic heterocycles. The van der Waals surface area contributed by atoms with Crippen LogP contribution >= 0.6 is 0 Å². The first kappa shape index (κ1) is 15.5. The monoisotopic (exact) mass is 280 g/mol. The second-order valence-corrected chi connectivity index (χ2v) is 6.79. The molecule has 20 heavy (non-hydrogen) atoms. The summed E-state index contributed by atoms with van der Waals surface area (Å²) in [4.78, 5) is 2.38. The average molecular weight is 280 g/mol. The van der Waals surface area contributed by atoms with Gasteiger partial charge in [-0.1, -0.05) is 0 Å². The first-order valence-electron chi connectivity index (χ1n) is 7.53. The van der Waals surface area contributed by atoms with Crippen LogP contribution in [0.2, 0.25) is 0 Å². The Morgan fingerprint density at radius 2 is 2.15 bits per heavy atom. The summed E-state index contributed by atoms with van der Waals surface area (Å²) in [5.74, 6) is 0.907. The lowest BCUT2D eigenvalue weighted by Gasteiger charge is -2.19. The van der Waals surface area contributed by atoms with Crippen LogP contribution in [0.4, 0.5) is 0 Å². The lowest BCUT2D eigenvalue weighted by Crippen LogP contribution is -2.34. The van der Waals surface area contributed by atoms with E-state index < -0.39 is 0 Å². The Bertz CT molecular complexity index is 405. The lowest BCUT2D eigenvalue weighted by atomic mass is 10.1. The molecule has 1 aliphatic carbocycles. The Hall–Kier alpha value is -0.840. The van der Waals surface area contributed by atoms with Gasteiger partial charge in [0.1, 0.15) is 12.4 Å². The SMILES string of the molecule is CN(CCOCc1cc(CNC(C)(C)C)co1)C1CC1. The van der Waals surface area contributed by atoms with Crippen LogP contribution < -0.4 is 5.32 Å². The molecule has 1 fully saturated rings. The van der Waals surface area contributed by atoms with Crippen LogP contribution in [-0.2, 0) is 17.9 Å². The number of furan rings is 1. The minimum atomic E-state index is 0.126. The third-order valence-corrected chi connectivity index (χ3v) is 3.53. The fraction of sp³-hybridized carbons (Fsp3) is 0.750. The highest BCUT2D eigenvalue weighted by atomic mass is 16.5. The third-order valence-electron chi connectivity index (χ3n) is 3.53. The zero-order valence-corrected chi connectivity index (χ0v) is 13.2. The molecule has 1 aliphatic rings. The van der Waals surface area contributed by atoms with E-state index in [0.29, 0.717) is 6.61 Å². The summed E-state index contributed by atoms with van der Waals surface area (Å²) in [6, 6.07) is 2.88. The molecule has 0 saturated heterocycles. The van der Waals surface area contributed by atoms with Gasteiger partial charge >= 0.3 is 0 Å². The van der Waals surface area contributed by atoms with Crippen molar-refractivity contribution < 1.29 is 9.15 Å². The van der Waals surface area contributed by atoms with E-state index in [9.17, 15) is 0 Å². The molecule has 0 amide bonds. The zero-order valence-electron chi connectivity index (χ0n) is 13.2. The van der Waals surface area contributed by atoms with E-state index in [-0.39, 0.29) is 5.54 Å². The summed E-state index contributed by atoms with van der Waals surface area (Å²) in [6.07, 6.45) is 4.51. The number of hydrogen-bond donors (Lipinski definition) is 1. The van der Waals surface area contributed by atoms with Crippen molar-refractivity contribution in [3.05, 3.63) is 23.7 Å². The van der Waals surface area contributed by atoms with Crippen LogP contribution in [0, 0.1) is 0 Å². The molecule has 0 atom stereocenters. The van der Waals surface area contributed by atoms with Gasteiger partial charge in [-0.2, -0.15) is 0 Å². The molecule has 4 nitrogen and oxygen atoms in total. The molecule has 1 aromatic rings. The number of nitrogens with zero attached hydrogens (tertiary/aromatic N) is 1. The predicted molar refractivity (Wildman–Crippen MR) is 80.6 cm³/mol. The van der Waals surface area contributed by atoms with Crippen molar-refractivity contribution in [3.8, 4) is 0 Å². The molecule has 0 bridgehead atoms. The number of rotatable bonds is 8. The molecule has 0 aromatic carbocycles. The van der Waals surface area contributed by atoms with Crippen molar-refractivity contribution in [1.82, 2.24) is 10.2 Å². The van der Waals surface area contributed by atoms with Gasteiger partial charge in [-0.3, -0.25) is 0 Å². The lowest BCUT2D eigenvalue weighted by molar-refractivity contribution is 0.0863.